The van der Waals surface area contributed by atoms with Gasteiger partial charge < -0.3 is 19.1 Å². The lowest BCUT2D eigenvalue weighted by molar-refractivity contribution is -0.149. The summed E-state index contributed by atoms with van der Waals surface area (Å²) in [7, 11) is 2.60. The van der Waals surface area contributed by atoms with Gasteiger partial charge in [0, 0.05) is 22.0 Å². The Bertz CT molecular complexity index is 1140. The van der Waals surface area contributed by atoms with E-state index < -0.39 is 30.8 Å². The number of aromatic nitrogens is 2. The van der Waals surface area contributed by atoms with Crippen molar-refractivity contribution in [3.05, 3.63) is 75.5 Å². The van der Waals surface area contributed by atoms with E-state index in [2.05, 4.69) is 4.98 Å². The summed E-state index contributed by atoms with van der Waals surface area (Å²) in [5, 5.41) is 13.3. The van der Waals surface area contributed by atoms with Crippen LogP contribution in [0.5, 0.6) is 0 Å². The summed E-state index contributed by atoms with van der Waals surface area (Å²) in [6.07, 6.45) is 1.45. The highest BCUT2D eigenvalue weighted by atomic mass is 32.1. The number of ether oxygens (including phenoxy) is 2. The third-order valence-corrected chi connectivity index (χ3v) is 6.35. The van der Waals surface area contributed by atoms with Gasteiger partial charge in [0.1, 0.15) is 11.9 Å². The zero-order valence-corrected chi connectivity index (χ0v) is 19.5. The second-order valence-electron chi connectivity index (χ2n) is 7.59. The first-order chi connectivity index (χ1) is 17.1. The fourth-order valence-electron chi connectivity index (χ4n) is 3.67. The smallest absolute Gasteiger partial charge is 0.337 e. The topological polar surface area (TPSA) is 90.6 Å². The number of benzene rings is 1. The van der Waals surface area contributed by atoms with Crippen molar-refractivity contribution < 1.29 is 28.3 Å². The lowest BCUT2D eigenvalue weighted by atomic mass is 9.95. The summed E-state index contributed by atoms with van der Waals surface area (Å²) in [5.41, 5.74) is 1.67. The number of carbonyl (C=O) groups is 2. The predicted molar refractivity (Wildman–Crippen MR) is 126 cm³/mol. The maximum absolute atomic E-state index is 12.6. The molecule has 0 amide bonds. The van der Waals surface area contributed by atoms with Crippen molar-refractivity contribution in [2.75, 3.05) is 14.2 Å². The first kappa shape index (κ1) is 20.6. The average molecular weight is 474 g/mol. The maximum Gasteiger partial charge on any atom is 0.337 e. The number of rotatable bonds is 11. The number of nitrogens with zero attached hydrogens (tertiary/aromatic N) is 2. The molecular weight excluding hydrogens is 440 g/mol. The molecule has 33 heavy (non-hydrogen) atoms. The number of imidazole rings is 1. The van der Waals surface area contributed by atoms with Crippen LogP contribution in [-0.4, -0.2) is 40.8 Å². The average Bonchev–Trinajstić information content (AvgIpc) is 3.51. The summed E-state index contributed by atoms with van der Waals surface area (Å²) in [6.45, 7) is -1.73. The largest absolute Gasteiger partial charge is 0.469 e. The molecule has 0 aliphatic rings. The Morgan fingerprint density at radius 1 is 1.21 bits per heavy atom. The molecule has 0 fully saturated rings. The van der Waals surface area contributed by atoms with Crippen LogP contribution in [-0.2, 0) is 33.7 Å². The molecule has 3 aromatic rings. The monoisotopic (exact) mass is 473 g/mol. The molecule has 0 saturated heterocycles. The Morgan fingerprint density at radius 3 is 2.64 bits per heavy atom. The highest BCUT2D eigenvalue weighted by Gasteiger charge is 2.32. The molecule has 0 aliphatic carbocycles. The minimum Gasteiger partial charge on any atom is -0.469 e. The molecule has 2 unspecified atom stereocenters. The van der Waals surface area contributed by atoms with E-state index in [1.807, 2.05) is 22.1 Å². The maximum atomic E-state index is 12.6. The first-order valence-electron chi connectivity index (χ1n) is 12.1. The Labute approximate surface area is 202 Å². The van der Waals surface area contributed by atoms with Crippen molar-refractivity contribution in [1.82, 2.24) is 9.55 Å². The Morgan fingerprint density at radius 2 is 2.00 bits per heavy atom. The lowest BCUT2D eigenvalue weighted by Gasteiger charge is -2.22. The van der Waals surface area contributed by atoms with Gasteiger partial charge in [-0.3, -0.25) is 4.79 Å². The van der Waals surface area contributed by atoms with Crippen molar-refractivity contribution in [2.24, 2.45) is 5.92 Å². The van der Waals surface area contributed by atoms with E-state index in [9.17, 15) is 14.7 Å². The lowest BCUT2D eigenvalue weighted by Crippen LogP contribution is -2.27. The number of methoxy groups -OCH3 is 2. The van der Waals surface area contributed by atoms with Crippen molar-refractivity contribution in [3.8, 4) is 0 Å². The first-order valence-corrected chi connectivity index (χ1v) is 11.5. The molecule has 3 rings (SSSR count). The normalized spacial score (nSPS) is 14.6. The van der Waals surface area contributed by atoms with Crippen LogP contribution in [0.4, 0.5) is 0 Å². The molecule has 8 heteroatoms. The van der Waals surface area contributed by atoms with E-state index in [4.69, 9.17) is 13.6 Å². The van der Waals surface area contributed by atoms with Gasteiger partial charge in [0.25, 0.3) is 0 Å². The summed E-state index contributed by atoms with van der Waals surface area (Å²) >= 11 is 1.49. The summed E-state index contributed by atoms with van der Waals surface area (Å²) < 4.78 is 34.0. The van der Waals surface area contributed by atoms with E-state index in [0.29, 0.717) is 42.9 Å². The second-order valence-corrected chi connectivity index (χ2v) is 8.62. The molecule has 2 heterocycles. The van der Waals surface area contributed by atoms with Crippen molar-refractivity contribution >= 4 is 23.3 Å². The van der Waals surface area contributed by atoms with E-state index in [1.54, 1.807) is 24.3 Å². The standard InChI is InChI=1S/C25H30N2O5S/c1-4-5-8-22-26-15-21(23(28)20(25(30)32-3)14-19-7-6-13-33-19)27(22)16-17-9-11-18(12-10-17)24(29)31-2/h6-7,9-13,15,20,23,28H,4-5,8,14,16H2,1-3H3/i1D3. The number of hydrogen-bond acceptors (Lipinski definition) is 7. The van der Waals surface area contributed by atoms with Crippen LogP contribution in [0.2, 0.25) is 0 Å². The van der Waals surface area contributed by atoms with Crippen LogP contribution in [0.3, 0.4) is 0 Å². The van der Waals surface area contributed by atoms with Gasteiger partial charge in [0.05, 0.1) is 37.6 Å². The predicted octanol–water partition coefficient (Wildman–Crippen LogP) is 4.19. The van der Waals surface area contributed by atoms with E-state index in [1.165, 1.54) is 31.8 Å². The Kier molecular flexibility index (Phi) is 7.35. The summed E-state index contributed by atoms with van der Waals surface area (Å²) in [5.74, 6) is -1.22. The van der Waals surface area contributed by atoms with Crippen LogP contribution >= 0.6 is 11.3 Å². The summed E-state index contributed by atoms with van der Waals surface area (Å²) in [4.78, 5) is 29.8. The number of carbonyl (C=O) groups excluding carboxylic acids is 2. The fraction of sp³-hybridized carbons (Fsp3) is 0.400. The molecule has 0 aliphatic heterocycles. The van der Waals surface area contributed by atoms with Gasteiger partial charge in [-0.05, 0) is 42.0 Å². The second kappa shape index (κ2) is 11.8. The minimum atomic E-state index is -2.04. The number of thiophene rings is 1. The zero-order valence-electron chi connectivity index (χ0n) is 21.7. The quantitative estimate of drug-likeness (QED) is 0.420. The van der Waals surface area contributed by atoms with E-state index in [0.717, 1.165) is 10.4 Å². The van der Waals surface area contributed by atoms with E-state index in [-0.39, 0.29) is 6.42 Å². The number of aliphatic hydroxyl groups is 1. The molecule has 1 N–H and O–H groups in total. The number of aryl methyl sites for hydroxylation is 1. The molecule has 2 atom stereocenters. The van der Waals surface area contributed by atoms with Crippen LogP contribution in [0, 0.1) is 5.92 Å². The minimum absolute atomic E-state index is 0.0364. The van der Waals surface area contributed by atoms with Crippen LogP contribution in [0.25, 0.3) is 0 Å². The molecule has 0 spiro atoms. The molecular formula is C25H30N2O5S. The van der Waals surface area contributed by atoms with Gasteiger partial charge in [-0.15, -0.1) is 11.3 Å². The highest BCUT2D eigenvalue weighted by Crippen LogP contribution is 2.29. The Hall–Kier alpha value is -2.97. The molecule has 0 saturated carbocycles. The van der Waals surface area contributed by atoms with Crippen molar-refractivity contribution in [3.63, 3.8) is 0 Å². The Balaban J connectivity index is 1.93. The van der Waals surface area contributed by atoms with Gasteiger partial charge in [-0.25, -0.2) is 9.78 Å². The van der Waals surface area contributed by atoms with E-state index >= 15 is 0 Å². The number of aliphatic hydroxyl groups excluding tert-OH is 1. The van der Waals surface area contributed by atoms with Crippen molar-refractivity contribution in [1.29, 1.82) is 0 Å². The SMILES string of the molecule is [2H]C([2H])([2H])CCCc1ncc(C(O)C(Cc2cccs2)C(=O)OC)n1Cc1ccc(C(=O)OC)cc1. The van der Waals surface area contributed by atoms with Gasteiger partial charge >= 0.3 is 11.9 Å². The molecule has 0 bridgehead atoms. The summed E-state index contributed by atoms with van der Waals surface area (Å²) in [6, 6.07) is 10.6. The molecule has 2 aromatic heterocycles. The van der Waals surface area contributed by atoms with Gasteiger partial charge in [-0.2, -0.15) is 0 Å². The van der Waals surface area contributed by atoms with Gasteiger partial charge in [0.2, 0.25) is 0 Å². The third kappa shape index (κ3) is 6.09. The van der Waals surface area contributed by atoms with Crippen LogP contribution in [0.15, 0.2) is 48.0 Å². The van der Waals surface area contributed by atoms with Gasteiger partial charge in [-0.1, -0.05) is 31.5 Å². The fourth-order valence-corrected chi connectivity index (χ4v) is 4.43. The van der Waals surface area contributed by atoms with Gasteiger partial charge in [0.15, 0.2) is 0 Å². The molecule has 7 nitrogen and oxygen atoms in total. The highest BCUT2D eigenvalue weighted by molar-refractivity contribution is 7.09. The zero-order chi connectivity index (χ0) is 26.3. The molecule has 176 valence electrons. The molecule has 0 radical (unpaired) electrons. The number of hydrogen-bond donors (Lipinski definition) is 1. The number of esters is 2. The van der Waals surface area contributed by atoms with Crippen LogP contribution in [0.1, 0.15) is 62.2 Å². The third-order valence-electron chi connectivity index (χ3n) is 5.45. The molecule has 1 aromatic carbocycles. The van der Waals surface area contributed by atoms with Crippen molar-refractivity contribution in [2.45, 2.75) is 45.2 Å². The van der Waals surface area contributed by atoms with Crippen LogP contribution < -0.4 is 0 Å².